The fourth-order valence-electron chi connectivity index (χ4n) is 1.02. The standard InChI is InChI=1S/C7H12N2O2S2/c1-2-8-7(12)9-6-3-4-13(10,11)5-6/h3H,2,4-5H2,1H3,(H2,8,9,12). The van der Waals surface area contributed by atoms with Gasteiger partial charge in [0.15, 0.2) is 14.9 Å². The Morgan fingerprint density at radius 2 is 2.38 bits per heavy atom. The molecular weight excluding hydrogens is 208 g/mol. The molecule has 0 aromatic heterocycles. The minimum Gasteiger partial charge on any atom is -0.363 e. The molecule has 0 amide bonds. The Hall–Kier alpha value is -0.620. The Bertz CT molecular complexity index is 332. The van der Waals surface area contributed by atoms with Gasteiger partial charge in [0.05, 0.1) is 11.5 Å². The van der Waals surface area contributed by atoms with Crippen LogP contribution in [0.1, 0.15) is 6.92 Å². The molecule has 0 radical (unpaired) electrons. The molecule has 0 saturated carbocycles. The zero-order valence-corrected chi connectivity index (χ0v) is 8.96. The van der Waals surface area contributed by atoms with Crippen molar-refractivity contribution in [1.82, 2.24) is 10.6 Å². The first-order valence-corrected chi connectivity index (χ1v) is 6.21. The highest BCUT2D eigenvalue weighted by Gasteiger charge is 2.19. The summed E-state index contributed by atoms with van der Waals surface area (Å²) in [5.74, 6) is 0.183. The van der Waals surface area contributed by atoms with Crippen molar-refractivity contribution in [3.63, 3.8) is 0 Å². The SMILES string of the molecule is CCNC(=S)NC1=CCS(=O)(=O)C1. The van der Waals surface area contributed by atoms with Crippen molar-refractivity contribution in [2.24, 2.45) is 0 Å². The number of nitrogens with one attached hydrogen (secondary N) is 2. The summed E-state index contributed by atoms with van der Waals surface area (Å²) in [5, 5.41) is 6.20. The maximum absolute atomic E-state index is 11.0. The van der Waals surface area contributed by atoms with E-state index in [-0.39, 0.29) is 11.5 Å². The predicted octanol–water partition coefficient (Wildman–Crippen LogP) is -0.217. The summed E-state index contributed by atoms with van der Waals surface area (Å²) >= 11 is 4.91. The Labute approximate surface area is 83.3 Å². The summed E-state index contributed by atoms with van der Waals surface area (Å²) in [6, 6.07) is 0. The largest absolute Gasteiger partial charge is 0.363 e. The molecule has 0 saturated heterocycles. The van der Waals surface area contributed by atoms with E-state index in [0.717, 1.165) is 6.54 Å². The van der Waals surface area contributed by atoms with Gasteiger partial charge in [-0.25, -0.2) is 8.42 Å². The minimum atomic E-state index is -2.90. The molecule has 6 heteroatoms. The van der Waals surface area contributed by atoms with Crippen LogP contribution in [-0.4, -0.2) is 31.6 Å². The zero-order valence-electron chi connectivity index (χ0n) is 7.33. The van der Waals surface area contributed by atoms with Crippen LogP contribution in [0.2, 0.25) is 0 Å². The van der Waals surface area contributed by atoms with Crippen LogP contribution >= 0.6 is 12.2 Å². The minimum absolute atomic E-state index is 0.0680. The third-order valence-electron chi connectivity index (χ3n) is 1.57. The van der Waals surface area contributed by atoms with Gasteiger partial charge in [0.1, 0.15) is 0 Å². The molecule has 0 spiro atoms. The number of hydrogen-bond donors (Lipinski definition) is 2. The number of rotatable bonds is 2. The summed E-state index contributed by atoms with van der Waals surface area (Å²) in [4.78, 5) is 0. The maximum atomic E-state index is 11.0. The normalized spacial score (nSPS) is 19.3. The first-order valence-electron chi connectivity index (χ1n) is 3.98. The average Bonchev–Trinajstić information content (AvgIpc) is 2.30. The van der Waals surface area contributed by atoms with Gasteiger partial charge in [-0.05, 0) is 25.2 Å². The van der Waals surface area contributed by atoms with Crippen molar-refractivity contribution < 1.29 is 8.42 Å². The van der Waals surface area contributed by atoms with Gasteiger partial charge in [0, 0.05) is 12.2 Å². The molecule has 1 rings (SSSR count). The lowest BCUT2D eigenvalue weighted by atomic mass is 10.5. The van der Waals surface area contributed by atoms with Crippen LogP contribution in [0.5, 0.6) is 0 Å². The number of sulfone groups is 1. The molecule has 1 heterocycles. The van der Waals surface area contributed by atoms with E-state index >= 15 is 0 Å². The Balaban J connectivity index is 2.45. The van der Waals surface area contributed by atoms with E-state index in [1.165, 1.54) is 0 Å². The fraction of sp³-hybridized carbons (Fsp3) is 0.571. The van der Waals surface area contributed by atoms with Gasteiger partial charge in [-0.3, -0.25) is 0 Å². The predicted molar refractivity (Wildman–Crippen MR) is 56.1 cm³/mol. The molecular formula is C7H12N2O2S2. The average molecular weight is 220 g/mol. The van der Waals surface area contributed by atoms with Crippen LogP contribution in [0.25, 0.3) is 0 Å². The van der Waals surface area contributed by atoms with E-state index in [1.807, 2.05) is 6.92 Å². The van der Waals surface area contributed by atoms with Crippen molar-refractivity contribution in [3.05, 3.63) is 11.8 Å². The Kier molecular flexibility index (Phi) is 3.27. The van der Waals surface area contributed by atoms with Gasteiger partial charge >= 0.3 is 0 Å². The maximum Gasteiger partial charge on any atom is 0.170 e. The molecule has 0 aromatic carbocycles. The highest BCUT2D eigenvalue weighted by atomic mass is 32.2. The van der Waals surface area contributed by atoms with Gasteiger partial charge in [-0.2, -0.15) is 0 Å². The zero-order chi connectivity index (χ0) is 9.90. The number of thiocarbonyl (C=S) groups is 1. The lowest BCUT2D eigenvalue weighted by Gasteiger charge is -2.08. The van der Waals surface area contributed by atoms with E-state index < -0.39 is 9.84 Å². The molecule has 0 unspecified atom stereocenters. The van der Waals surface area contributed by atoms with Crippen LogP contribution in [0.15, 0.2) is 11.8 Å². The van der Waals surface area contributed by atoms with Crippen LogP contribution in [0.4, 0.5) is 0 Å². The highest BCUT2D eigenvalue weighted by molar-refractivity contribution is 7.92. The van der Waals surface area contributed by atoms with Crippen molar-refractivity contribution in [1.29, 1.82) is 0 Å². The first-order chi connectivity index (χ1) is 6.03. The summed E-state index contributed by atoms with van der Waals surface area (Å²) in [5.41, 5.74) is 0.672. The van der Waals surface area contributed by atoms with Crippen molar-refractivity contribution in [3.8, 4) is 0 Å². The van der Waals surface area contributed by atoms with Crippen LogP contribution in [0.3, 0.4) is 0 Å². The second kappa shape index (κ2) is 4.06. The van der Waals surface area contributed by atoms with E-state index in [9.17, 15) is 8.42 Å². The highest BCUT2D eigenvalue weighted by Crippen LogP contribution is 2.07. The molecule has 4 nitrogen and oxygen atoms in total. The third-order valence-corrected chi connectivity index (χ3v) is 3.24. The molecule has 74 valence electrons. The number of hydrogen-bond acceptors (Lipinski definition) is 3. The third kappa shape index (κ3) is 3.31. The molecule has 0 bridgehead atoms. The molecule has 1 aliphatic heterocycles. The summed E-state index contributed by atoms with van der Waals surface area (Å²) in [7, 11) is -2.90. The Morgan fingerprint density at radius 1 is 1.69 bits per heavy atom. The van der Waals surface area contributed by atoms with Crippen molar-refractivity contribution in [2.75, 3.05) is 18.1 Å². The van der Waals surface area contributed by atoms with Gasteiger partial charge in [0.2, 0.25) is 0 Å². The quantitative estimate of drug-likeness (QED) is 0.630. The topological polar surface area (TPSA) is 58.2 Å². The fourth-order valence-corrected chi connectivity index (χ4v) is 2.53. The molecule has 0 fully saturated rings. The summed E-state index contributed by atoms with van der Waals surface area (Å²) in [6.07, 6.45) is 1.65. The lowest BCUT2D eigenvalue weighted by Crippen LogP contribution is -2.35. The van der Waals surface area contributed by atoms with Crippen molar-refractivity contribution >= 4 is 27.2 Å². The van der Waals surface area contributed by atoms with E-state index in [0.29, 0.717) is 10.8 Å². The van der Waals surface area contributed by atoms with Gasteiger partial charge in [0.25, 0.3) is 0 Å². The second-order valence-electron chi connectivity index (χ2n) is 2.77. The molecule has 13 heavy (non-hydrogen) atoms. The van der Waals surface area contributed by atoms with Gasteiger partial charge in [-0.1, -0.05) is 0 Å². The van der Waals surface area contributed by atoms with E-state index in [2.05, 4.69) is 10.6 Å². The Morgan fingerprint density at radius 3 is 2.85 bits per heavy atom. The summed E-state index contributed by atoms with van der Waals surface area (Å²) < 4.78 is 22.0. The molecule has 0 aromatic rings. The molecule has 0 aliphatic carbocycles. The second-order valence-corrected chi connectivity index (χ2v) is 5.29. The van der Waals surface area contributed by atoms with Crippen LogP contribution in [-0.2, 0) is 9.84 Å². The molecule has 1 aliphatic rings. The summed E-state index contributed by atoms with van der Waals surface area (Å²) in [6.45, 7) is 2.65. The van der Waals surface area contributed by atoms with Gasteiger partial charge in [-0.15, -0.1) is 0 Å². The molecule has 2 N–H and O–H groups in total. The van der Waals surface area contributed by atoms with Crippen molar-refractivity contribution in [2.45, 2.75) is 6.92 Å². The van der Waals surface area contributed by atoms with Crippen LogP contribution < -0.4 is 10.6 Å². The van der Waals surface area contributed by atoms with E-state index in [1.54, 1.807) is 6.08 Å². The van der Waals surface area contributed by atoms with E-state index in [4.69, 9.17) is 12.2 Å². The first kappa shape index (κ1) is 10.5. The van der Waals surface area contributed by atoms with Gasteiger partial charge < -0.3 is 10.6 Å². The molecule has 0 atom stereocenters. The lowest BCUT2D eigenvalue weighted by molar-refractivity contribution is 0.602. The smallest absolute Gasteiger partial charge is 0.170 e. The van der Waals surface area contributed by atoms with Crippen LogP contribution in [0, 0.1) is 0 Å². The monoisotopic (exact) mass is 220 g/mol.